The number of hydrogen-bond donors (Lipinski definition) is 2. The molecule has 0 aliphatic carbocycles. The number of aromatic nitrogens is 3. The van der Waals surface area contributed by atoms with Gasteiger partial charge in [0, 0.05) is 18.5 Å². The van der Waals surface area contributed by atoms with Gasteiger partial charge in [-0.05, 0) is 36.2 Å². The minimum atomic E-state index is -0.605. The number of carbonyl (C=O) groups excluding carboxylic acids is 1. The molecule has 142 valence electrons. The summed E-state index contributed by atoms with van der Waals surface area (Å²) in [6, 6.07) is 6.10. The Balaban J connectivity index is 2.16. The molecule has 3 rings (SSSR count). The van der Waals surface area contributed by atoms with Crippen molar-refractivity contribution in [2.75, 3.05) is 6.54 Å². The molecule has 0 radical (unpaired) electrons. The van der Waals surface area contributed by atoms with Gasteiger partial charge < -0.3 is 11.5 Å². The number of amides is 1. The van der Waals surface area contributed by atoms with Gasteiger partial charge in [-0.1, -0.05) is 40.5 Å². The molecule has 0 bridgehead atoms. The Morgan fingerprint density at radius 1 is 1.33 bits per heavy atom. The van der Waals surface area contributed by atoms with Gasteiger partial charge in [0.05, 0.1) is 4.88 Å². The van der Waals surface area contributed by atoms with Crippen molar-refractivity contribution < 1.29 is 9.18 Å². The normalized spacial score (nSPS) is 12.3. The summed E-state index contributed by atoms with van der Waals surface area (Å²) in [6.45, 7) is 0.223. The second-order valence-electron chi connectivity index (χ2n) is 5.97. The summed E-state index contributed by atoms with van der Waals surface area (Å²) in [4.78, 5) is 12.4. The zero-order chi connectivity index (χ0) is 19.7. The zero-order valence-corrected chi connectivity index (χ0v) is 16.6. The molecule has 0 unspecified atom stereocenters. The standard InChI is InChI=1S/C17H16Cl2FN5OS/c1-25-13(15(18)23-24-25)12-11(14(17(22)26)27-16(12)19)9(7-21)6-8-2-4-10(20)5-3-8/h2-5,9H,6-7,21H2,1H3,(H2,22,26)/t9-/m1/s1. The number of halogens is 3. The van der Waals surface area contributed by atoms with E-state index in [-0.39, 0.29) is 23.4 Å². The Labute approximate surface area is 168 Å². The zero-order valence-electron chi connectivity index (χ0n) is 14.2. The van der Waals surface area contributed by atoms with Gasteiger partial charge in [0.1, 0.15) is 15.8 Å². The molecule has 2 aromatic heterocycles. The van der Waals surface area contributed by atoms with Gasteiger partial charge in [-0.15, -0.1) is 16.4 Å². The van der Waals surface area contributed by atoms with Crippen molar-refractivity contribution in [3.8, 4) is 11.3 Å². The van der Waals surface area contributed by atoms with E-state index in [0.717, 1.165) is 16.9 Å². The maximum atomic E-state index is 13.2. The molecule has 0 saturated heterocycles. The van der Waals surface area contributed by atoms with Crippen molar-refractivity contribution in [1.29, 1.82) is 0 Å². The van der Waals surface area contributed by atoms with Gasteiger partial charge in [-0.25, -0.2) is 9.07 Å². The van der Waals surface area contributed by atoms with Gasteiger partial charge >= 0.3 is 0 Å². The van der Waals surface area contributed by atoms with Crippen LogP contribution in [-0.2, 0) is 13.5 Å². The predicted molar refractivity (Wildman–Crippen MR) is 105 cm³/mol. The summed E-state index contributed by atoms with van der Waals surface area (Å²) in [5.41, 5.74) is 14.1. The molecule has 6 nitrogen and oxygen atoms in total. The highest BCUT2D eigenvalue weighted by molar-refractivity contribution is 7.18. The molecule has 2 heterocycles. The van der Waals surface area contributed by atoms with Crippen LogP contribution in [0, 0.1) is 5.82 Å². The van der Waals surface area contributed by atoms with Crippen LogP contribution in [0.1, 0.15) is 26.7 Å². The maximum absolute atomic E-state index is 13.2. The first-order chi connectivity index (χ1) is 12.8. The molecule has 0 spiro atoms. The molecular weight excluding hydrogens is 412 g/mol. The first-order valence-corrected chi connectivity index (χ1v) is 9.52. The lowest BCUT2D eigenvalue weighted by Crippen LogP contribution is -2.20. The highest BCUT2D eigenvalue weighted by Gasteiger charge is 2.30. The third kappa shape index (κ3) is 3.84. The number of primary amides is 1. The van der Waals surface area contributed by atoms with E-state index in [4.69, 9.17) is 34.7 Å². The number of rotatable bonds is 6. The minimum Gasteiger partial charge on any atom is -0.365 e. The molecule has 27 heavy (non-hydrogen) atoms. The minimum absolute atomic E-state index is 0.159. The topological polar surface area (TPSA) is 99.8 Å². The number of aryl methyl sites for hydroxylation is 1. The van der Waals surface area contributed by atoms with Crippen molar-refractivity contribution >= 4 is 40.4 Å². The fourth-order valence-electron chi connectivity index (χ4n) is 3.01. The quantitative estimate of drug-likeness (QED) is 0.629. The third-order valence-electron chi connectivity index (χ3n) is 4.24. The second-order valence-corrected chi connectivity index (χ2v) is 7.95. The lowest BCUT2D eigenvalue weighted by molar-refractivity contribution is 0.100. The number of hydrogen-bond acceptors (Lipinski definition) is 5. The molecule has 0 fully saturated rings. The summed E-state index contributed by atoms with van der Waals surface area (Å²) in [5.74, 6) is -1.22. The fraction of sp³-hybridized carbons (Fsp3) is 0.235. The molecule has 0 aliphatic heterocycles. The van der Waals surface area contributed by atoms with Crippen LogP contribution in [0.3, 0.4) is 0 Å². The number of benzene rings is 1. The smallest absolute Gasteiger partial charge is 0.259 e. The molecule has 4 N–H and O–H groups in total. The molecule has 10 heteroatoms. The summed E-state index contributed by atoms with van der Waals surface area (Å²) in [7, 11) is 1.67. The second kappa shape index (κ2) is 7.93. The van der Waals surface area contributed by atoms with Crippen LogP contribution in [0.25, 0.3) is 11.3 Å². The van der Waals surface area contributed by atoms with Crippen LogP contribution >= 0.6 is 34.5 Å². The molecule has 3 aromatic rings. The van der Waals surface area contributed by atoms with Crippen LogP contribution in [0.5, 0.6) is 0 Å². The summed E-state index contributed by atoms with van der Waals surface area (Å²) in [5, 5.41) is 7.90. The average Bonchev–Trinajstić information content (AvgIpc) is 3.13. The molecule has 1 aromatic carbocycles. The highest BCUT2D eigenvalue weighted by Crippen LogP contribution is 2.45. The van der Waals surface area contributed by atoms with E-state index in [9.17, 15) is 9.18 Å². The van der Waals surface area contributed by atoms with Gasteiger partial charge in [0.25, 0.3) is 5.91 Å². The first-order valence-electron chi connectivity index (χ1n) is 7.95. The van der Waals surface area contributed by atoms with Crippen molar-refractivity contribution in [2.45, 2.75) is 12.3 Å². The van der Waals surface area contributed by atoms with E-state index in [2.05, 4.69) is 10.3 Å². The van der Waals surface area contributed by atoms with Crippen molar-refractivity contribution in [3.05, 3.63) is 55.6 Å². The van der Waals surface area contributed by atoms with E-state index in [1.54, 1.807) is 19.2 Å². The van der Waals surface area contributed by atoms with Crippen molar-refractivity contribution in [2.24, 2.45) is 18.5 Å². The van der Waals surface area contributed by atoms with Crippen molar-refractivity contribution in [3.63, 3.8) is 0 Å². The summed E-state index contributed by atoms with van der Waals surface area (Å²) >= 11 is 13.7. The number of thiophene rings is 1. The monoisotopic (exact) mass is 427 g/mol. The van der Waals surface area contributed by atoms with Crippen LogP contribution in [0.15, 0.2) is 24.3 Å². The van der Waals surface area contributed by atoms with Gasteiger partial charge in [0.2, 0.25) is 0 Å². The number of carbonyl (C=O) groups is 1. The number of nitrogens with zero attached hydrogens (tertiary/aromatic N) is 3. The molecule has 1 atom stereocenters. The van der Waals surface area contributed by atoms with Crippen LogP contribution < -0.4 is 11.5 Å². The Hall–Kier alpha value is -2.00. The molecule has 0 aliphatic rings. The van der Waals surface area contributed by atoms with E-state index < -0.39 is 5.91 Å². The van der Waals surface area contributed by atoms with E-state index in [0.29, 0.717) is 32.5 Å². The van der Waals surface area contributed by atoms with E-state index in [1.165, 1.54) is 16.8 Å². The van der Waals surface area contributed by atoms with Crippen LogP contribution in [0.2, 0.25) is 9.49 Å². The SMILES string of the molecule is Cn1nnc(Cl)c1-c1c(Cl)sc(C(N)=O)c1[C@@H](CN)Cc1ccc(F)cc1. The Bertz CT molecular complexity index is 967. The summed E-state index contributed by atoms with van der Waals surface area (Å²) in [6.07, 6.45) is 0.472. The molecule has 0 saturated carbocycles. The fourth-order valence-corrected chi connectivity index (χ4v) is 4.65. The largest absolute Gasteiger partial charge is 0.365 e. The maximum Gasteiger partial charge on any atom is 0.259 e. The predicted octanol–water partition coefficient (Wildman–Crippen LogP) is 3.37. The van der Waals surface area contributed by atoms with Gasteiger partial charge in [-0.2, -0.15) is 0 Å². The highest BCUT2D eigenvalue weighted by atomic mass is 35.5. The first kappa shape index (κ1) is 19.8. The van der Waals surface area contributed by atoms with Crippen molar-refractivity contribution in [1.82, 2.24) is 15.0 Å². The van der Waals surface area contributed by atoms with Crippen LogP contribution in [0.4, 0.5) is 4.39 Å². The van der Waals surface area contributed by atoms with Gasteiger partial charge in [-0.3, -0.25) is 4.79 Å². The van der Waals surface area contributed by atoms with Crippen LogP contribution in [-0.4, -0.2) is 27.4 Å². The average molecular weight is 428 g/mol. The summed E-state index contributed by atoms with van der Waals surface area (Å²) < 4.78 is 15.0. The molecular formula is C17H16Cl2FN5OS. The lowest BCUT2D eigenvalue weighted by atomic mass is 9.88. The van der Waals surface area contributed by atoms with E-state index >= 15 is 0 Å². The third-order valence-corrected chi connectivity index (χ3v) is 5.92. The van der Waals surface area contributed by atoms with Gasteiger partial charge in [0.15, 0.2) is 5.15 Å². The Morgan fingerprint density at radius 3 is 2.52 bits per heavy atom. The Kier molecular flexibility index (Phi) is 5.81. The number of nitrogens with two attached hydrogens (primary N) is 2. The van der Waals surface area contributed by atoms with E-state index in [1.807, 2.05) is 0 Å². The lowest BCUT2D eigenvalue weighted by Gasteiger charge is -2.18. The molecule has 1 amide bonds. The Morgan fingerprint density at radius 2 is 2.00 bits per heavy atom.